The Morgan fingerprint density at radius 3 is 2.80 bits per heavy atom. The van der Waals surface area contributed by atoms with Gasteiger partial charge in [0.15, 0.2) is 0 Å². The number of likely N-dealkylation sites (N-methyl/N-ethyl adjacent to an activating group) is 1. The van der Waals surface area contributed by atoms with Crippen molar-refractivity contribution in [2.75, 3.05) is 40.5 Å². The van der Waals surface area contributed by atoms with Crippen LogP contribution in [0, 0.1) is 0 Å². The van der Waals surface area contributed by atoms with Crippen molar-refractivity contribution < 1.29 is 9.47 Å². The molecule has 0 amide bonds. The number of halogens is 1. The van der Waals surface area contributed by atoms with Gasteiger partial charge < -0.3 is 9.47 Å². The molecule has 1 aliphatic rings. The Labute approximate surface area is 130 Å². The summed E-state index contributed by atoms with van der Waals surface area (Å²) in [7, 11) is 3.90. The van der Waals surface area contributed by atoms with E-state index in [1.54, 1.807) is 7.11 Å². The van der Waals surface area contributed by atoms with Gasteiger partial charge in [-0.1, -0.05) is 22.0 Å². The van der Waals surface area contributed by atoms with E-state index in [1.807, 2.05) is 0 Å². The molecule has 20 heavy (non-hydrogen) atoms. The summed E-state index contributed by atoms with van der Waals surface area (Å²) < 4.78 is 11.8. The first-order valence-electron chi connectivity index (χ1n) is 7.24. The molecule has 1 fully saturated rings. The first kappa shape index (κ1) is 16.0. The predicted octanol–water partition coefficient (Wildman–Crippen LogP) is 3.42. The van der Waals surface area contributed by atoms with Crippen molar-refractivity contribution >= 4 is 15.9 Å². The first-order chi connectivity index (χ1) is 9.70. The van der Waals surface area contributed by atoms with Gasteiger partial charge in [-0.2, -0.15) is 0 Å². The smallest absolute Gasteiger partial charge is 0.0589 e. The van der Waals surface area contributed by atoms with E-state index in [0.29, 0.717) is 5.92 Å². The van der Waals surface area contributed by atoms with Gasteiger partial charge in [-0.3, -0.25) is 4.90 Å². The van der Waals surface area contributed by atoms with Gasteiger partial charge in [-0.15, -0.1) is 0 Å². The van der Waals surface area contributed by atoms with Crippen LogP contribution in [0.1, 0.15) is 29.9 Å². The quantitative estimate of drug-likeness (QED) is 0.791. The highest BCUT2D eigenvalue weighted by Crippen LogP contribution is 2.31. The molecule has 0 N–H and O–H groups in total. The molecule has 112 valence electrons. The van der Waals surface area contributed by atoms with Gasteiger partial charge in [0.1, 0.15) is 0 Å². The molecule has 3 nitrogen and oxygen atoms in total. The molecule has 1 saturated heterocycles. The summed E-state index contributed by atoms with van der Waals surface area (Å²) in [5.74, 6) is 0.641. The molecule has 0 aliphatic carbocycles. The van der Waals surface area contributed by atoms with Gasteiger partial charge in [0.25, 0.3) is 0 Å². The van der Waals surface area contributed by atoms with Crippen molar-refractivity contribution in [2.24, 2.45) is 0 Å². The van der Waals surface area contributed by atoms with E-state index in [1.165, 1.54) is 11.1 Å². The molecule has 0 spiro atoms. The van der Waals surface area contributed by atoms with Crippen LogP contribution >= 0.6 is 15.9 Å². The summed E-state index contributed by atoms with van der Waals surface area (Å²) in [5.41, 5.74) is 2.91. The lowest BCUT2D eigenvalue weighted by molar-refractivity contribution is 0.0849. The van der Waals surface area contributed by atoms with Gasteiger partial charge in [-0.05, 0) is 49.1 Å². The summed E-state index contributed by atoms with van der Waals surface area (Å²) in [6.07, 6.45) is 2.27. The van der Waals surface area contributed by atoms with Gasteiger partial charge in [-0.25, -0.2) is 0 Å². The fraction of sp³-hybridized carbons (Fsp3) is 0.625. The van der Waals surface area contributed by atoms with E-state index < -0.39 is 0 Å². The Kier molecular flexibility index (Phi) is 6.49. The average Bonchev–Trinajstić information content (AvgIpc) is 2.46. The zero-order valence-electron chi connectivity index (χ0n) is 12.4. The molecule has 0 bridgehead atoms. The van der Waals surface area contributed by atoms with Crippen LogP contribution in [0.3, 0.4) is 0 Å². The maximum atomic E-state index is 5.48. The highest BCUT2D eigenvalue weighted by molar-refractivity contribution is 9.10. The third-order valence-corrected chi connectivity index (χ3v) is 4.38. The number of methoxy groups -OCH3 is 1. The summed E-state index contributed by atoms with van der Waals surface area (Å²) in [6, 6.07) is 6.69. The number of hydrogen-bond donors (Lipinski definition) is 0. The molecule has 0 aromatic heterocycles. The minimum Gasteiger partial charge on any atom is -0.383 e. The zero-order valence-corrected chi connectivity index (χ0v) is 14.0. The SMILES string of the molecule is COCCN(C)Cc1cc(Br)ccc1C1CCOCC1. The molecule has 1 aromatic rings. The molecule has 0 radical (unpaired) electrons. The maximum Gasteiger partial charge on any atom is 0.0589 e. The molecule has 1 aromatic carbocycles. The predicted molar refractivity (Wildman–Crippen MR) is 85.1 cm³/mol. The topological polar surface area (TPSA) is 21.7 Å². The van der Waals surface area contributed by atoms with Crippen LogP contribution < -0.4 is 0 Å². The lowest BCUT2D eigenvalue weighted by Crippen LogP contribution is -2.24. The molecule has 0 atom stereocenters. The average molecular weight is 342 g/mol. The minimum atomic E-state index is 0.641. The van der Waals surface area contributed by atoms with Crippen molar-refractivity contribution in [1.29, 1.82) is 0 Å². The number of rotatable bonds is 6. The minimum absolute atomic E-state index is 0.641. The normalized spacial score (nSPS) is 16.8. The molecular weight excluding hydrogens is 318 g/mol. The third-order valence-electron chi connectivity index (χ3n) is 3.88. The van der Waals surface area contributed by atoms with Crippen LogP contribution in [0.4, 0.5) is 0 Å². The highest BCUT2D eigenvalue weighted by atomic mass is 79.9. The Morgan fingerprint density at radius 1 is 1.35 bits per heavy atom. The number of nitrogens with zero attached hydrogens (tertiary/aromatic N) is 1. The number of ether oxygens (including phenoxy) is 2. The van der Waals surface area contributed by atoms with Crippen LogP contribution in [-0.4, -0.2) is 45.4 Å². The highest BCUT2D eigenvalue weighted by Gasteiger charge is 2.19. The Hall–Kier alpha value is -0.420. The Balaban J connectivity index is 2.10. The van der Waals surface area contributed by atoms with Crippen molar-refractivity contribution in [3.8, 4) is 0 Å². The lowest BCUT2D eigenvalue weighted by atomic mass is 9.88. The van der Waals surface area contributed by atoms with Crippen LogP contribution in [0.2, 0.25) is 0 Å². The molecule has 1 heterocycles. The van der Waals surface area contributed by atoms with Gasteiger partial charge in [0.2, 0.25) is 0 Å². The first-order valence-corrected chi connectivity index (χ1v) is 8.03. The van der Waals surface area contributed by atoms with Crippen LogP contribution in [0.5, 0.6) is 0 Å². The fourth-order valence-electron chi connectivity index (χ4n) is 2.74. The molecule has 2 rings (SSSR count). The molecule has 0 unspecified atom stereocenters. The van der Waals surface area contributed by atoms with E-state index in [0.717, 1.165) is 50.2 Å². The van der Waals surface area contributed by atoms with E-state index in [-0.39, 0.29) is 0 Å². The second-order valence-electron chi connectivity index (χ2n) is 5.46. The van der Waals surface area contributed by atoms with Crippen molar-refractivity contribution in [3.05, 3.63) is 33.8 Å². The standard InChI is InChI=1S/C16H24BrNO2/c1-18(7-10-19-2)12-14-11-15(17)3-4-16(14)13-5-8-20-9-6-13/h3-4,11,13H,5-10,12H2,1-2H3. The molecule has 1 aliphatic heterocycles. The van der Waals surface area contributed by atoms with Gasteiger partial charge >= 0.3 is 0 Å². The molecular formula is C16H24BrNO2. The van der Waals surface area contributed by atoms with Crippen LogP contribution in [-0.2, 0) is 16.0 Å². The number of benzene rings is 1. The maximum absolute atomic E-state index is 5.48. The fourth-order valence-corrected chi connectivity index (χ4v) is 3.14. The summed E-state index contributed by atoms with van der Waals surface area (Å²) in [6.45, 7) is 4.47. The largest absolute Gasteiger partial charge is 0.383 e. The monoisotopic (exact) mass is 341 g/mol. The van der Waals surface area contributed by atoms with Crippen molar-refractivity contribution in [2.45, 2.75) is 25.3 Å². The van der Waals surface area contributed by atoms with E-state index in [4.69, 9.17) is 9.47 Å². The van der Waals surface area contributed by atoms with Gasteiger partial charge in [0, 0.05) is 37.9 Å². The second kappa shape index (κ2) is 8.13. The van der Waals surface area contributed by atoms with Crippen molar-refractivity contribution in [3.63, 3.8) is 0 Å². The van der Waals surface area contributed by atoms with Gasteiger partial charge in [0.05, 0.1) is 6.61 Å². The summed E-state index contributed by atoms with van der Waals surface area (Å²) in [5, 5.41) is 0. The second-order valence-corrected chi connectivity index (χ2v) is 6.38. The van der Waals surface area contributed by atoms with E-state index in [2.05, 4.69) is 46.1 Å². The van der Waals surface area contributed by atoms with Crippen LogP contribution in [0.15, 0.2) is 22.7 Å². The van der Waals surface area contributed by atoms with E-state index >= 15 is 0 Å². The zero-order chi connectivity index (χ0) is 14.4. The lowest BCUT2D eigenvalue weighted by Gasteiger charge is -2.26. The summed E-state index contributed by atoms with van der Waals surface area (Å²) >= 11 is 3.60. The number of hydrogen-bond acceptors (Lipinski definition) is 3. The van der Waals surface area contributed by atoms with Crippen LogP contribution in [0.25, 0.3) is 0 Å². The Morgan fingerprint density at radius 2 is 2.10 bits per heavy atom. The molecule has 4 heteroatoms. The molecule has 0 saturated carbocycles. The Bertz CT molecular complexity index is 419. The third kappa shape index (κ3) is 4.55. The van der Waals surface area contributed by atoms with E-state index in [9.17, 15) is 0 Å². The van der Waals surface area contributed by atoms with Crippen molar-refractivity contribution in [1.82, 2.24) is 4.90 Å². The summed E-state index contributed by atoms with van der Waals surface area (Å²) in [4.78, 5) is 2.31.